The first-order valence-electron chi connectivity index (χ1n) is 12.2. The molecule has 0 N–H and O–H groups in total. The van der Waals surface area contributed by atoms with Gasteiger partial charge in [-0.15, -0.1) is 0 Å². The zero-order chi connectivity index (χ0) is 26.1. The van der Waals surface area contributed by atoms with Crippen molar-refractivity contribution in [3.05, 3.63) is 64.8 Å². The highest BCUT2D eigenvalue weighted by Gasteiger charge is 2.18. The number of para-hydroxylation sites is 1. The number of fused-ring (bicyclic) bond motifs is 1. The van der Waals surface area contributed by atoms with E-state index in [-0.39, 0.29) is 24.5 Å². The molecule has 7 nitrogen and oxygen atoms in total. The molecule has 0 amide bonds. The molecule has 0 fully saturated rings. The maximum atomic E-state index is 12.4. The van der Waals surface area contributed by atoms with Gasteiger partial charge in [-0.3, -0.25) is 14.4 Å². The van der Waals surface area contributed by atoms with Crippen molar-refractivity contribution in [1.82, 2.24) is 4.57 Å². The van der Waals surface area contributed by atoms with E-state index in [0.717, 1.165) is 33.3 Å². The second-order valence-electron chi connectivity index (χ2n) is 8.35. The summed E-state index contributed by atoms with van der Waals surface area (Å²) in [4.78, 5) is 35.4. The molecule has 0 aliphatic heterocycles. The highest BCUT2D eigenvalue weighted by Crippen LogP contribution is 2.31. The SMILES string of the molecule is CCOC(=O)CCCc1c(C)n(CC(=O)OCC)c2c(/C=C/c3ccc(OC(C)=O)cc3)cccc12. The summed E-state index contributed by atoms with van der Waals surface area (Å²) in [5, 5.41) is 1.05. The van der Waals surface area contributed by atoms with E-state index in [1.807, 2.05) is 47.9 Å². The number of carbonyl (C=O) groups excluding carboxylic acids is 3. The van der Waals surface area contributed by atoms with Crippen LogP contribution >= 0.6 is 0 Å². The molecule has 2 aromatic carbocycles. The Balaban J connectivity index is 1.96. The second kappa shape index (κ2) is 12.7. The smallest absolute Gasteiger partial charge is 0.325 e. The number of hydrogen-bond donors (Lipinski definition) is 0. The number of rotatable bonds is 11. The third-order valence-corrected chi connectivity index (χ3v) is 5.81. The third-order valence-electron chi connectivity index (χ3n) is 5.81. The van der Waals surface area contributed by atoms with Crippen LogP contribution in [0.25, 0.3) is 23.1 Å². The first-order chi connectivity index (χ1) is 17.3. The van der Waals surface area contributed by atoms with E-state index in [2.05, 4.69) is 6.07 Å². The highest BCUT2D eigenvalue weighted by molar-refractivity contribution is 5.95. The number of esters is 3. The molecule has 3 aromatic rings. The number of ether oxygens (including phenoxy) is 3. The minimum absolute atomic E-state index is 0.107. The van der Waals surface area contributed by atoms with Crippen molar-refractivity contribution in [1.29, 1.82) is 0 Å². The predicted octanol–water partition coefficient (Wildman–Crippen LogP) is 5.49. The first kappa shape index (κ1) is 26.7. The Morgan fingerprint density at radius 1 is 0.917 bits per heavy atom. The molecule has 0 saturated heterocycles. The van der Waals surface area contributed by atoms with Crippen molar-refractivity contribution in [2.45, 2.75) is 53.5 Å². The lowest BCUT2D eigenvalue weighted by Crippen LogP contribution is -2.14. The molecule has 36 heavy (non-hydrogen) atoms. The van der Waals surface area contributed by atoms with E-state index < -0.39 is 0 Å². The number of carbonyl (C=O) groups is 3. The fourth-order valence-corrected chi connectivity index (χ4v) is 4.26. The van der Waals surface area contributed by atoms with E-state index in [4.69, 9.17) is 14.2 Å². The lowest BCUT2D eigenvalue weighted by Gasteiger charge is -2.10. The van der Waals surface area contributed by atoms with Crippen LogP contribution in [-0.4, -0.2) is 35.7 Å². The molecule has 3 rings (SSSR count). The summed E-state index contributed by atoms with van der Waals surface area (Å²) in [5.74, 6) is -0.363. The van der Waals surface area contributed by atoms with Crippen LogP contribution in [0.1, 0.15) is 56.0 Å². The van der Waals surface area contributed by atoms with Crippen LogP contribution in [0.3, 0.4) is 0 Å². The average molecular weight is 492 g/mol. The van der Waals surface area contributed by atoms with E-state index in [1.165, 1.54) is 6.92 Å². The van der Waals surface area contributed by atoms with Crippen LogP contribution in [-0.2, 0) is 36.8 Å². The van der Waals surface area contributed by atoms with Crippen LogP contribution in [0.2, 0.25) is 0 Å². The van der Waals surface area contributed by atoms with Gasteiger partial charge in [-0.2, -0.15) is 0 Å². The summed E-state index contributed by atoms with van der Waals surface area (Å²) < 4.78 is 17.4. The van der Waals surface area contributed by atoms with Crippen molar-refractivity contribution >= 4 is 41.0 Å². The second-order valence-corrected chi connectivity index (χ2v) is 8.35. The van der Waals surface area contributed by atoms with Crippen molar-refractivity contribution in [2.24, 2.45) is 0 Å². The van der Waals surface area contributed by atoms with E-state index >= 15 is 0 Å². The molecule has 0 aliphatic carbocycles. The van der Waals surface area contributed by atoms with Gasteiger partial charge in [0.1, 0.15) is 12.3 Å². The van der Waals surface area contributed by atoms with E-state index in [0.29, 0.717) is 38.2 Å². The molecule has 190 valence electrons. The molecule has 7 heteroatoms. The molecule has 0 atom stereocenters. The fraction of sp³-hybridized carbons (Fsp3) is 0.345. The Labute approximate surface area is 211 Å². The third kappa shape index (κ3) is 6.84. The first-order valence-corrected chi connectivity index (χ1v) is 12.2. The number of hydrogen-bond acceptors (Lipinski definition) is 6. The quantitative estimate of drug-likeness (QED) is 0.200. The summed E-state index contributed by atoms with van der Waals surface area (Å²) in [7, 11) is 0. The van der Waals surface area contributed by atoms with Crippen LogP contribution < -0.4 is 4.74 Å². The predicted molar refractivity (Wildman–Crippen MR) is 140 cm³/mol. The summed E-state index contributed by atoms with van der Waals surface area (Å²) in [6.45, 7) is 7.76. The van der Waals surface area contributed by atoms with Gasteiger partial charge in [-0.05, 0) is 62.4 Å². The monoisotopic (exact) mass is 491 g/mol. The molecule has 0 spiro atoms. The van der Waals surface area contributed by atoms with Gasteiger partial charge in [0.05, 0.1) is 18.7 Å². The summed E-state index contributed by atoms with van der Waals surface area (Å²) >= 11 is 0. The molecule has 1 aromatic heterocycles. The highest BCUT2D eigenvalue weighted by atomic mass is 16.5. The Bertz CT molecular complexity index is 1250. The standard InChI is InChI=1S/C29H33NO6/c1-5-34-27(32)12-8-10-25-20(3)30(19-28(33)35-6-2)29-23(9-7-11-26(25)29)16-13-22-14-17-24(18-15-22)36-21(4)31/h7,9,11,13-18H,5-6,8,10,12,19H2,1-4H3/b16-13+. The average Bonchev–Trinajstić information content (AvgIpc) is 3.10. The normalized spacial score (nSPS) is 11.1. The number of nitrogens with zero attached hydrogens (tertiary/aromatic N) is 1. The minimum Gasteiger partial charge on any atom is -0.466 e. The molecule has 0 bridgehead atoms. The maximum absolute atomic E-state index is 12.4. The van der Waals surface area contributed by atoms with Crippen molar-refractivity contribution < 1.29 is 28.6 Å². The van der Waals surface area contributed by atoms with Crippen LogP contribution in [0, 0.1) is 6.92 Å². The molecular formula is C29H33NO6. The lowest BCUT2D eigenvalue weighted by atomic mass is 10.0. The van der Waals surface area contributed by atoms with Crippen molar-refractivity contribution in [3.63, 3.8) is 0 Å². The van der Waals surface area contributed by atoms with Gasteiger partial charge in [0, 0.05) is 24.4 Å². The Kier molecular flexibility index (Phi) is 9.45. The topological polar surface area (TPSA) is 83.8 Å². The maximum Gasteiger partial charge on any atom is 0.325 e. The molecular weight excluding hydrogens is 458 g/mol. The Morgan fingerprint density at radius 3 is 2.28 bits per heavy atom. The lowest BCUT2D eigenvalue weighted by molar-refractivity contribution is -0.144. The number of aromatic nitrogens is 1. The molecule has 0 aliphatic rings. The zero-order valence-electron chi connectivity index (χ0n) is 21.3. The molecule has 0 radical (unpaired) electrons. The van der Waals surface area contributed by atoms with Crippen molar-refractivity contribution in [2.75, 3.05) is 13.2 Å². The summed E-state index contributed by atoms with van der Waals surface area (Å²) in [6, 6.07) is 13.3. The van der Waals surface area contributed by atoms with E-state index in [1.54, 1.807) is 26.0 Å². The van der Waals surface area contributed by atoms with Gasteiger partial charge in [-0.25, -0.2) is 0 Å². The van der Waals surface area contributed by atoms with Crippen LogP contribution in [0.4, 0.5) is 0 Å². The summed E-state index contributed by atoms with van der Waals surface area (Å²) in [5.41, 5.74) is 4.94. The van der Waals surface area contributed by atoms with Crippen LogP contribution in [0.5, 0.6) is 5.75 Å². The molecule has 0 unspecified atom stereocenters. The molecule has 0 saturated carbocycles. The Morgan fingerprint density at radius 2 is 1.61 bits per heavy atom. The zero-order valence-corrected chi connectivity index (χ0v) is 21.3. The molecule has 1 heterocycles. The van der Waals surface area contributed by atoms with E-state index in [9.17, 15) is 14.4 Å². The van der Waals surface area contributed by atoms with Gasteiger partial charge in [0.15, 0.2) is 0 Å². The van der Waals surface area contributed by atoms with Gasteiger partial charge in [-0.1, -0.05) is 42.5 Å². The van der Waals surface area contributed by atoms with Gasteiger partial charge in [0.2, 0.25) is 0 Å². The fourth-order valence-electron chi connectivity index (χ4n) is 4.26. The van der Waals surface area contributed by atoms with Crippen LogP contribution in [0.15, 0.2) is 42.5 Å². The van der Waals surface area contributed by atoms with Gasteiger partial charge in [0.25, 0.3) is 0 Å². The number of benzene rings is 2. The minimum atomic E-state index is -0.360. The van der Waals surface area contributed by atoms with Gasteiger partial charge < -0.3 is 18.8 Å². The largest absolute Gasteiger partial charge is 0.466 e. The summed E-state index contributed by atoms with van der Waals surface area (Å²) in [6.07, 6.45) is 5.69. The Hall–Kier alpha value is -3.87. The number of aryl methyl sites for hydroxylation is 1. The van der Waals surface area contributed by atoms with Crippen molar-refractivity contribution in [3.8, 4) is 5.75 Å². The van der Waals surface area contributed by atoms with Gasteiger partial charge >= 0.3 is 17.9 Å².